The van der Waals surface area contributed by atoms with E-state index in [2.05, 4.69) is 4.57 Å². The topological polar surface area (TPSA) is 84.7 Å². The number of imidazole rings is 1. The first-order valence-electron chi connectivity index (χ1n) is 14.5. The van der Waals surface area contributed by atoms with Crippen molar-refractivity contribution >= 4 is 34.2 Å². The number of carbonyl (C=O) groups excluding carboxylic acids is 1. The molecule has 7 nitrogen and oxygen atoms in total. The van der Waals surface area contributed by atoms with Crippen LogP contribution in [0.2, 0.25) is 0 Å². The zero-order chi connectivity index (χ0) is 31.0. The Morgan fingerprint density at radius 2 is 1.75 bits per heavy atom. The Hall–Kier alpha value is -4.57. The third-order valence-electron chi connectivity index (χ3n) is 7.98. The lowest BCUT2D eigenvalue weighted by Gasteiger charge is -2.25. The Morgan fingerprint density at radius 1 is 1.00 bits per heavy atom. The van der Waals surface area contributed by atoms with Crippen LogP contribution in [0.1, 0.15) is 63.7 Å². The quantitative estimate of drug-likeness (QED) is 0.190. The molecule has 0 unspecified atom stereocenters. The zero-order valence-electron chi connectivity index (χ0n) is 24.3. The Labute approximate surface area is 257 Å². The molecule has 44 heavy (non-hydrogen) atoms. The highest BCUT2D eigenvalue weighted by Crippen LogP contribution is 2.38. The van der Waals surface area contributed by atoms with Gasteiger partial charge in [-0.3, -0.25) is 4.79 Å². The summed E-state index contributed by atoms with van der Waals surface area (Å²) >= 11 is 1.30. The van der Waals surface area contributed by atoms with Crippen LogP contribution >= 0.6 is 11.3 Å². The van der Waals surface area contributed by atoms with Crippen LogP contribution in [0.15, 0.2) is 66.7 Å². The van der Waals surface area contributed by atoms with E-state index in [1.54, 1.807) is 56.6 Å². The van der Waals surface area contributed by atoms with Crippen LogP contribution in [0, 0.1) is 11.6 Å². The van der Waals surface area contributed by atoms with E-state index in [-0.39, 0.29) is 29.9 Å². The van der Waals surface area contributed by atoms with Crippen LogP contribution in [0.3, 0.4) is 0 Å². The normalized spacial score (nSPS) is 13.7. The molecule has 0 atom stereocenters. The van der Waals surface area contributed by atoms with E-state index in [0.29, 0.717) is 27.5 Å². The molecule has 3 aromatic carbocycles. The number of nitrogens with zero attached hydrogens (tertiary/aromatic N) is 3. The second-order valence-corrected chi connectivity index (χ2v) is 12.3. The molecule has 2 aromatic heterocycles. The van der Waals surface area contributed by atoms with Gasteiger partial charge in [0.15, 0.2) is 0 Å². The summed E-state index contributed by atoms with van der Waals surface area (Å²) in [5.41, 5.74) is 3.21. The van der Waals surface area contributed by atoms with Gasteiger partial charge in [-0.05, 0) is 66.9 Å². The van der Waals surface area contributed by atoms with Crippen molar-refractivity contribution in [1.29, 1.82) is 0 Å². The number of carbonyl (C=O) groups is 2. The number of ether oxygens (including phenoxy) is 1. The highest BCUT2D eigenvalue weighted by molar-refractivity contribution is 7.17. The van der Waals surface area contributed by atoms with Crippen molar-refractivity contribution in [1.82, 2.24) is 14.5 Å². The van der Waals surface area contributed by atoms with Crippen molar-refractivity contribution in [3.8, 4) is 27.6 Å². The van der Waals surface area contributed by atoms with Crippen LogP contribution in [0.4, 0.5) is 8.78 Å². The minimum absolute atomic E-state index is 0.0707. The number of fused-ring (bicyclic) bond motifs is 1. The number of aromatic carboxylic acids is 1. The van der Waals surface area contributed by atoms with Gasteiger partial charge in [-0.15, -0.1) is 11.3 Å². The van der Waals surface area contributed by atoms with Gasteiger partial charge in [0.05, 0.1) is 27.0 Å². The molecule has 1 amide bonds. The summed E-state index contributed by atoms with van der Waals surface area (Å²) in [5.74, 6) is -1.31. The van der Waals surface area contributed by atoms with Crippen molar-refractivity contribution in [2.24, 2.45) is 0 Å². The molecule has 0 bridgehead atoms. The molecule has 6 rings (SSSR count). The SMILES string of the molecule is CN(C)C(=O)c1cc(COc2ccc(-c3nc4cc(C(=O)O)ccc4n3C3CCCCC3)c(F)c2)c(-c2ccc(F)cc2)s1. The molecule has 226 valence electrons. The molecule has 5 aromatic rings. The van der Waals surface area contributed by atoms with Crippen molar-refractivity contribution in [2.45, 2.75) is 44.8 Å². The summed E-state index contributed by atoms with van der Waals surface area (Å²) < 4.78 is 37.5. The van der Waals surface area contributed by atoms with Gasteiger partial charge < -0.3 is 19.3 Å². The first-order valence-corrected chi connectivity index (χ1v) is 15.3. The number of carboxylic acid groups (broad SMARTS) is 1. The molecular formula is C34H31F2N3O4S. The first kappa shape index (κ1) is 29.5. The number of rotatable bonds is 8. The number of amides is 1. The zero-order valence-corrected chi connectivity index (χ0v) is 25.2. The molecule has 1 aliphatic carbocycles. The summed E-state index contributed by atoms with van der Waals surface area (Å²) in [7, 11) is 3.35. The van der Waals surface area contributed by atoms with Crippen molar-refractivity contribution in [3.05, 3.63) is 94.4 Å². The molecule has 0 spiro atoms. The third kappa shape index (κ3) is 5.81. The summed E-state index contributed by atoms with van der Waals surface area (Å²) in [5, 5.41) is 9.50. The number of aromatic nitrogens is 2. The monoisotopic (exact) mass is 615 g/mol. The molecule has 0 aliphatic heterocycles. The predicted octanol–water partition coefficient (Wildman–Crippen LogP) is 8.19. The highest BCUT2D eigenvalue weighted by Gasteiger charge is 2.25. The standard InChI is InChI=1S/C34H31F2N3O4S/c1-38(2)33(40)30-17-22(31(44-30)20-8-11-23(35)12-9-20)19-43-25-13-14-26(27(36)18-25)32-37-28-16-21(34(41)42)10-15-29(28)39(32)24-6-4-3-5-7-24/h8-18,24H,3-7,19H2,1-2H3,(H,41,42). The Bertz CT molecular complexity index is 1860. The fourth-order valence-corrected chi connectivity index (χ4v) is 6.96. The molecule has 10 heteroatoms. The fourth-order valence-electron chi connectivity index (χ4n) is 5.77. The number of thiophene rings is 1. The smallest absolute Gasteiger partial charge is 0.335 e. The minimum Gasteiger partial charge on any atom is -0.489 e. The van der Waals surface area contributed by atoms with Gasteiger partial charge in [-0.1, -0.05) is 31.4 Å². The Morgan fingerprint density at radius 3 is 2.43 bits per heavy atom. The molecule has 0 saturated heterocycles. The maximum absolute atomic E-state index is 15.8. The van der Waals surface area contributed by atoms with Gasteiger partial charge >= 0.3 is 5.97 Å². The lowest BCUT2D eigenvalue weighted by Crippen LogP contribution is -2.20. The van der Waals surface area contributed by atoms with E-state index in [0.717, 1.165) is 53.6 Å². The van der Waals surface area contributed by atoms with Crippen molar-refractivity contribution in [2.75, 3.05) is 14.1 Å². The van der Waals surface area contributed by atoms with Gasteiger partial charge in [0.1, 0.15) is 29.8 Å². The van der Waals surface area contributed by atoms with E-state index in [1.165, 1.54) is 40.5 Å². The summed E-state index contributed by atoms with van der Waals surface area (Å²) in [4.78, 5) is 31.8. The maximum Gasteiger partial charge on any atom is 0.335 e. The summed E-state index contributed by atoms with van der Waals surface area (Å²) in [6.07, 6.45) is 5.17. The molecule has 0 radical (unpaired) electrons. The van der Waals surface area contributed by atoms with Crippen LogP contribution in [-0.2, 0) is 6.61 Å². The molecule has 1 fully saturated rings. The Kier molecular flexibility index (Phi) is 8.18. The summed E-state index contributed by atoms with van der Waals surface area (Å²) in [6, 6.07) is 17.4. The predicted molar refractivity (Wildman–Crippen MR) is 166 cm³/mol. The lowest BCUT2D eigenvalue weighted by molar-refractivity contribution is 0.0696. The number of benzene rings is 3. The second-order valence-electron chi connectivity index (χ2n) is 11.2. The number of hydrogen-bond acceptors (Lipinski definition) is 5. The van der Waals surface area contributed by atoms with E-state index in [9.17, 15) is 19.1 Å². The molecule has 1 N–H and O–H groups in total. The van der Waals surface area contributed by atoms with Gasteiger partial charge in [-0.2, -0.15) is 0 Å². The average molecular weight is 616 g/mol. The van der Waals surface area contributed by atoms with Crippen LogP contribution in [0.5, 0.6) is 5.75 Å². The van der Waals surface area contributed by atoms with Crippen LogP contribution in [0.25, 0.3) is 32.9 Å². The van der Waals surface area contributed by atoms with Crippen LogP contribution < -0.4 is 4.74 Å². The third-order valence-corrected chi connectivity index (χ3v) is 9.20. The van der Waals surface area contributed by atoms with E-state index in [1.807, 2.05) is 0 Å². The van der Waals surface area contributed by atoms with E-state index >= 15 is 4.39 Å². The molecular weight excluding hydrogens is 584 g/mol. The lowest BCUT2D eigenvalue weighted by atomic mass is 9.94. The van der Waals surface area contributed by atoms with Gasteiger partial charge in [-0.25, -0.2) is 18.6 Å². The fraction of sp³-hybridized carbons (Fsp3) is 0.265. The molecule has 1 aliphatic rings. The maximum atomic E-state index is 15.8. The molecule has 2 heterocycles. The largest absolute Gasteiger partial charge is 0.489 e. The first-order chi connectivity index (χ1) is 21.2. The van der Waals surface area contributed by atoms with Crippen molar-refractivity contribution < 1.29 is 28.2 Å². The number of halogens is 2. The van der Waals surface area contributed by atoms with Crippen molar-refractivity contribution in [3.63, 3.8) is 0 Å². The number of hydrogen-bond donors (Lipinski definition) is 1. The number of carboxylic acids is 1. The average Bonchev–Trinajstić information content (AvgIpc) is 3.62. The van der Waals surface area contributed by atoms with Gasteiger partial charge in [0, 0.05) is 36.6 Å². The second kappa shape index (κ2) is 12.2. The highest BCUT2D eigenvalue weighted by atomic mass is 32.1. The van der Waals surface area contributed by atoms with E-state index < -0.39 is 11.8 Å². The molecule has 1 saturated carbocycles. The van der Waals surface area contributed by atoms with Crippen LogP contribution in [-0.4, -0.2) is 45.5 Å². The summed E-state index contributed by atoms with van der Waals surface area (Å²) in [6.45, 7) is 0.0707. The Balaban J connectivity index is 1.32. The van der Waals surface area contributed by atoms with Gasteiger partial charge in [0.25, 0.3) is 5.91 Å². The van der Waals surface area contributed by atoms with E-state index in [4.69, 9.17) is 9.72 Å². The van der Waals surface area contributed by atoms with Gasteiger partial charge in [0.2, 0.25) is 0 Å². The minimum atomic E-state index is -1.04.